The molecule has 1 amide bonds. The second-order valence-corrected chi connectivity index (χ2v) is 14.5. The molecule has 4 rings (SSSR count). The summed E-state index contributed by atoms with van der Waals surface area (Å²) in [5, 5.41) is 8.25. The van der Waals surface area contributed by atoms with E-state index in [4.69, 9.17) is 25.0 Å². The third-order valence-corrected chi connectivity index (χ3v) is 8.45. The SMILES string of the molecule is CC(=O)OC(CC(=O)OCCO[C@H]1CC[C@H](Nc2cc(-n3nc(C)c4c3CC(C)(C)CC4=O)ccc2C(N)=O)CC1)C[N+](C)(C)C.[Cl-]. The molecule has 2 aliphatic carbocycles. The lowest BCUT2D eigenvalue weighted by Gasteiger charge is -2.31. The number of ether oxygens (including phenoxy) is 3. The zero-order chi connectivity index (χ0) is 33.8. The first-order chi connectivity index (χ1) is 21.5. The molecule has 0 aliphatic heterocycles. The van der Waals surface area contributed by atoms with E-state index in [1.165, 1.54) is 6.92 Å². The van der Waals surface area contributed by atoms with Crippen LogP contribution in [0.25, 0.3) is 5.69 Å². The van der Waals surface area contributed by atoms with E-state index in [1.807, 2.05) is 44.9 Å². The van der Waals surface area contributed by atoms with Crippen LogP contribution in [0.5, 0.6) is 0 Å². The standard InChI is InChI=1S/C34H49N5O7.ClH/c1-21-32-29(18-34(3,4)19-30(32)41)38(37-21)24-10-13-27(33(35)43)28(16-24)36-23-8-11-25(12-9-23)44-14-15-45-31(42)17-26(46-22(2)40)20-39(5,6)7;/h10,13,16,23,25-26H,8-9,11-12,14-15,17-20H2,1-7H3,(H2-,35,36,43);1H/t23-,25-,26?;. The van der Waals surface area contributed by atoms with Crippen LogP contribution in [0.4, 0.5) is 5.69 Å². The molecule has 1 aromatic carbocycles. The van der Waals surface area contributed by atoms with Crippen LogP contribution < -0.4 is 23.5 Å². The summed E-state index contributed by atoms with van der Waals surface area (Å²) in [6, 6.07) is 5.54. The van der Waals surface area contributed by atoms with E-state index in [0.717, 1.165) is 43.5 Å². The van der Waals surface area contributed by atoms with Gasteiger partial charge in [0.2, 0.25) is 0 Å². The minimum absolute atomic E-state index is 0. The Labute approximate surface area is 283 Å². The van der Waals surface area contributed by atoms with Crippen LogP contribution in [0.15, 0.2) is 18.2 Å². The number of benzene rings is 1. The van der Waals surface area contributed by atoms with Gasteiger partial charge in [0.25, 0.3) is 5.91 Å². The minimum atomic E-state index is -0.546. The van der Waals surface area contributed by atoms with Gasteiger partial charge in [-0.25, -0.2) is 4.68 Å². The number of nitrogens with two attached hydrogens (primary N) is 1. The number of anilines is 1. The van der Waals surface area contributed by atoms with E-state index in [-0.39, 0.29) is 55.4 Å². The van der Waals surface area contributed by atoms with E-state index in [1.54, 1.807) is 6.07 Å². The molecule has 1 unspecified atom stereocenters. The molecule has 0 spiro atoms. The highest BCUT2D eigenvalue weighted by molar-refractivity contribution is 6.00. The summed E-state index contributed by atoms with van der Waals surface area (Å²) in [4.78, 5) is 49.0. The predicted molar refractivity (Wildman–Crippen MR) is 173 cm³/mol. The molecular weight excluding hydrogens is 626 g/mol. The number of carbonyl (C=O) groups excluding carboxylic acids is 4. The number of rotatable bonds is 13. The Morgan fingerprint density at radius 3 is 2.40 bits per heavy atom. The fourth-order valence-corrected chi connectivity index (χ4v) is 6.55. The molecule has 47 heavy (non-hydrogen) atoms. The van der Waals surface area contributed by atoms with Gasteiger partial charge in [-0.15, -0.1) is 0 Å². The summed E-state index contributed by atoms with van der Waals surface area (Å²) in [6.45, 7) is 8.28. The molecular formula is C34H50ClN5O7. The molecule has 1 saturated carbocycles. The number of aromatic nitrogens is 2. The van der Waals surface area contributed by atoms with Crippen molar-refractivity contribution in [2.45, 2.75) is 90.9 Å². The number of halogens is 1. The molecule has 0 saturated heterocycles. The predicted octanol–water partition coefficient (Wildman–Crippen LogP) is 0.750. The number of hydrogen-bond acceptors (Lipinski definition) is 9. The van der Waals surface area contributed by atoms with Crippen molar-refractivity contribution in [1.82, 2.24) is 9.78 Å². The summed E-state index contributed by atoms with van der Waals surface area (Å²) < 4.78 is 19.0. The monoisotopic (exact) mass is 675 g/mol. The summed E-state index contributed by atoms with van der Waals surface area (Å²) in [6.07, 6.45) is 3.95. The molecule has 3 N–H and O–H groups in total. The van der Waals surface area contributed by atoms with Crippen molar-refractivity contribution in [2.24, 2.45) is 11.1 Å². The summed E-state index contributed by atoms with van der Waals surface area (Å²) >= 11 is 0. The molecule has 1 aromatic heterocycles. The van der Waals surface area contributed by atoms with Gasteiger partial charge >= 0.3 is 11.9 Å². The number of fused-ring (bicyclic) bond motifs is 1. The molecule has 2 aromatic rings. The van der Waals surface area contributed by atoms with E-state index < -0.39 is 23.9 Å². The first-order valence-electron chi connectivity index (χ1n) is 16.1. The lowest BCUT2D eigenvalue weighted by molar-refractivity contribution is -0.873. The van der Waals surface area contributed by atoms with E-state index in [2.05, 4.69) is 19.2 Å². The smallest absolute Gasteiger partial charge is 0.309 e. The molecule has 1 atom stereocenters. The number of nitrogens with zero attached hydrogens (tertiary/aromatic N) is 3. The van der Waals surface area contributed by atoms with Crippen molar-refractivity contribution in [1.29, 1.82) is 0 Å². The van der Waals surface area contributed by atoms with Crippen molar-refractivity contribution in [2.75, 3.05) is 46.2 Å². The first kappa shape index (κ1) is 38.0. The van der Waals surface area contributed by atoms with Gasteiger partial charge in [-0.1, -0.05) is 13.8 Å². The van der Waals surface area contributed by atoms with Crippen LogP contribution in [0.2, 0.25) is 0 Å². The van der Waals surface area contributed by atoms with Gasteiger partial charge in [-0.3, -0.25) is 19.2 Å². The van der Waals surface area contributed by atoms with Crippen molar-refractivity contribution in [3.8, 4) is 5.69 Å². The van der Waals surface area contributed by atoms with Gasteiger partial charge in [-0.05, 0) is 62.6 Å². The van der Waals surface area contributed by atoms with Crippen LogP contribution in [0, 0.1) is 12.3 Å². The minimum Gasteiger partial charge on any atom is -1.00 e. The average Bonchev–Trinajstić information content (AvgIpc) is 3.25. The second kappa shape index (κ2) is 15.6. The number of esters is 2. The summed E-state index contributed by atoms with van der Waals surface area (Å²) in [7, 11) is 5.89. The van der Waals surface area contributed by atoms with Crippen LogP contribution in [-0.2, 0) is 30.2 Å². The summed E-state index contributed by atoms with van der Waals surface area (Å²) in [5.41, 5.74) is 9.69. The van der Waals surface area contributed by atoms with Crippen molar-refractivity contribution < 1.29 is 50.3 Å². The van der Waals surface area contributed by atoms with Gasteiger partial charge < -0.3 is 42.2 Å². The highest BCUT2D eigenvalue weighted by atomic mass is 35.5. The van der Waals surface area contributed by atoms with Crippen LogP contribution >= 0.6 is 0 Å². The fourth-order valence-electron chi connectivity index (χ4n) is 6.55. The zero-order valence-electron chi connectivity index (χ0n) is 28.7. The van der Waals surface area contributed by atoms with Crippen LogP contribution in [0.3, 0.4) is 0 Å². The average molecular weight is 676 g/mol. The van der Waals surface area contributed by atoms with Crippen molar-refractivity contribution >= 4 is 29.3 Å². The van der Waals surface area contributed by atoms with Crippen LogP contribution in [0.1, 0.15) is 91.4 Å². The maximum absolute atomic E-state index is 12.9. The third kappa shape index (κ3) is 10.5. The molecule has 13 heteroatoms. The Morgan fingerprint density at radius 2 is 1.79 bits per heavy atom. The Bertz CT molecular complexity index is 1460. The van der Waals surface area contributed by atoms with E-state index in [0.29, 0.717) is 40.0 Å². The number of primary amides is 1. The van der Waals surface area contributed by atoms with Gasteiger partial charge in [0.15, 0.2) is 11.9 Å². The van der Waals surface area contributed by atoms with Crippen LogP contribution in [-0.4, -0.2) is 97.0 Å². The molecule has 0 bridgehead atoms. The number of amides is 1. The topological polar surface area (TPSA) is 152 Å². The molecule has 1 fully saturated rings. The highest BCUT2D eigenvalue weighted by Crippen LogP contribution is 2.37. The number of ketones is 1. The molecule has 1 heterocycles. The Morgan fingerprint density at radius 1 is 1.11 bits per heavy atom. The maximum Gasteiger partial charge on any atom is 0.309 e. The van der Waals surface area contributed by atoms with Gasteiger partial charge in [-0.2, -0.15) is 5.10 Å². The first-order valence-corrected chi connectivity index (χ1v) is 16.1. The van der Waals surface area contributed by atoms with Gasteiger partial charge in [0, 0.05) is 25.1 Å². The number of quaternary nitrogens is 1. The lowest BCUT2D eigenvalue weighted by Crippen LogP contribution is -3.00. The van der Waals surface area contributed by atoms with Crippen molar-refractivity contribution in [3.63, 3.8) is 0 Å². The van der Waals surface area contributed by atoms with Gasteiger partial charge in [0.1, 0.15) is 13.2 Å². The Kier molecular flexibility index (Phi) is 12.6. The number of Topliss-reactive ketones (excluding diaryl/α,β-unsaturated/α-hetero) is 1. The van der Waals surface area contributed by atoms with E-state index >= 15 is 0 Å². The highest BCUT2D eigenvalue weighted by Gasteiger charge is 2.36. The lowest BCUT2D eigenvalue weighted by atomic mass is 9.75. The normalized spacial score (nSPS) is 19.6. The number of carbonyl (C=O) groups is 4. The van der Waals surface area contributed by atoms with E-state index in [9.17, 15) is 19.2 Å². The summed E-state index contributed by atoms with van der Waals surface area (Å²) in [5.74, 6) is -1.26. The fraction of sp³-hybridized carbons (Fsp3) is 0.618. The third-order valence-electron chi connectivity index (χ3n) is 8.45. The Balaban J connectivity index is 0.00000600. The second-order valence-electron chi connectivity index (χ2n) is 14.5. The molecule has 2 aliphatic rings. The number of likely N-dealkylation sites (N-methyl/N-ethyl adjacent to an activating group) is 1. The number of hydrogen-bond donors (Lipinski definition) is 2. The molecule has 12 nitrogen and oxygen atoms in total. The maximum atomic E-state index is 12.9. The molecule has 0 radical (unpaired) electrons. The largest absolute Gasteiger partial charge is 1.00 e. The molecule has 260 valence electrons. The quantitative estimate of drug-likeness (QED) is 0.178. The zero-order valence-corrected chi connectivity index (χ0v) is 29.4. The Hall–Kier alpha value is -3.48. The number of nitrogens with one attached hydrogen (secondary N) is 1. The van der Waals surface area contributed by atoms with Gasteiger partial charge in [0.05, 0.1) is 68.5 Å². The van der Waals surface area contributed by atoms with Crippen molar-refractivity contribution in [3.05, 3.63) is 40.7 Å². The number of aryl methyl sites for hydroxylation is 1.